The fourth-order valence-electron chi connectivity index (χ4n) is 2.23. The Bertz CT molecular complexity index is 359. The van der Waals surface area contributed by atoms with Gasteiger partial charge in [0, 0.05) is 10.9 Å². The van der Waals surface area contributed by atoms with E-state index in [9.17, 15) is 0 Å². The van der Waals surface area contributed by atoms with Crippen molar-refractivity contribution in [1.82, 2.24) is 0 Å². The molecular weight excluding hydrogens is 255 g/mol. The van der Waals surface area contributed by atoms with Crippen LogP contribution < -0.4 is 0 Å². The summed E-state index contributed by atoms with van der Waals surface area (Å²) in [5.41, 5.74) is 2.11. The van der Waals surface area contributed by atoms with Gasteiger partial charge >= 0.3 is 0 Å². The van der Waals surface area contributed by atoms with Gasteiger partial charge in [-0.15, -0.1) is 11.6 Å². The minimum atomic E-state index is 0.440. The van der Waals surface area contributed by atoms with Crippen molar-refractivity contribution in [3.63, 3.8) is 0 Å². The second-order valence-corrected chi connectivity index (χ2v) is 5.30. The van der Waals surface area contributed by atoms with Crippen LogP contribution in [0.3, 0.4) is 0 Å². The maximum Gasteiger partial charge on any atom is 0.0721 e. The summed E-state index contributed by atoms with van der Waals surface area (Å²) in [6.45, 7) is 0.660. The van der Waals surface area contributed by atoms with Crippen LogP contribution in [0.15, 0.2) is 18.2 Å². The first-order valence-corrected chi connectivity index (χ1v) is 7.15. The molecule has 0 amide bonds. The van der Waals surface area contributed by atoms with E-state index in [-0.39, 0.29) is 0 Å². The predicted octanol–water partition coefficient (Wildman–Crippen LogP) is 4.93. The molecule has 17 heavy (non-hydrogen) atoms. The van der Waals surface area contributed by atoms with Gasteiger partial charge in [0.15, 0.2) is 0 Å². The van der Waals surface area contributed by atoms with Gasteiger partial charge in [-0.1, -0.05) is 43.0 Å². The van der Waals surface area contributed by atoms with Crippen molar-refractivity contribution < 1.29 is 4.74 Å². The molecule has 1 aromatic rings. The highest BCUT2D eigenvalue weighted by Crippen LogP contribution is 2.23. The highest BCUT2D eigenvalue weighted by molar-refractivity contribution is 6.32. The summed E-state index contributed by atoms with van der Waals surface area (Å²) in [5.74, 6) is 0.461. The molecule has 0 aromatic heterocycles. The standard InChI is InChI=1S/C14H18Cl2O/c15-9-12-7-6-11(8-14(12)16)10-17-13-4-2-1-3-5-13/h6-8,13H,1-5,9-10H2. The van der Waals surface area contributed by atoms with Crippen molar-refractivity contribution in [2.45, 2.75) is 50.7 Å². The van der Waals surface area contributed by atoms with Crippen molar-refractivity contribution in [3.05, 3.63) is 34.3 Å². The highest BCUT2D eigenvalue weighted by Gasteiger charge is 2.13. The van der Waals surface area contributed by atoms with Crippen LogP contribution in [0.2, 0.25) is 5.02 Å². The van der Waals surface area contributed by atoms with E-state index in [1.54, 1.807) is 0 Å². The molecule has 3 heteroatoms. The van der Waals surface area contributed by atoms with Crippen LogP contribution in [0.5, 0.6) is 0 Å². The molecule has 1 saturated carbocycles. The fraction of sp³-hybridized carbons (Fsp3) is 0.571. The SMILES string of the molecule is ClCc1ccc(COC2CCCCC2)cc1Cl. The smallest absolute Gasteiger partial charge is 0.0721 e. The quantitative estimate of drug-likeness (QED) is 0.707. The summed E-state index contributed by atoms with van der Waals surface area (Å²) in [6, 6.07) is 5.99. The van der Waals surface area contributed by atoms with Gasteiger partial charge in [-0.25, -0.2) is 0 Å². The van der Waals surface area contributed by atoms with Crippen molar-refractivity contribution >= 4 is 23.2 Å². The summed E-state index contributed by atoms with van der Waals surface area (Å²) >= 11 is 11.9. The zero-order valence-electron chi connectivity index (χ0n) is 9.92. The summed E-state index contributed by atoms with van der Waals surface area (Å²) in [7, 11) is 0. The van der Waals surface area contributed by atoms with Gasteiger partial charge in [0.05, 0.1) is 12.7 Å². The maximum absolute atomic E-state index is 6.11. The van der Waals surface area contributed by atoms with Gasteiger partial charge in [-0.2, -0.15) is 0 Å². The lowest BCUT2D eigenvalue weighted by Crippen LogP contribution is -2.16. The molecule has 94 valence electrons. The molecule has 1 aliphatic rings. The number of benzene rings is 1. The van der Waals surface area contributed by atoms with Crippen LogP contribution in [0.1, 0.15) is 43.2 Å². The zero-order valence-corrected chi connectivity index (χ0v) is 11.4. The van der Waals surface area contributed by atoms with Gasteiger partial charge in [0.2, 0.25) is 0 Å². The number of ether oxygens (including phenoxy) is 1. The number of hydrogen-bond donors (Lipinski definition) is 0. The van der Waals surface area contributed by atoms with Crippen molar-refractivity contribution in [1.29, 1.82) is 0 Å². The molecule has 0 radical (unpaired) electrons. The molecule has 0 heterocycles. The van der Waals surface area contributed by atoms with E-state index in [0.717, 1.165) is 16.1 Å². The minimum Gasteiger partial charge on any atom is -0.374 e. The molecule has 0 atom stereocenters. The zero-order chi connectivity index (χ0) is 12.1. The molecule has 1 aliphatic carbocycles. The second-order valence-electron chi connectivity index (χ2n) is 4.63. The predicted molar refractivity (Wildman–Crippen MR) is 72.7 cm³/mol. The lowest BCUT2D eigenvalue weighted by Gasteiger charge is -2.22. The summed E-state index contributed by atoms with van der Waals surface area (Å²) in [5, 5.41) is 0.741. The van der Waals surface area contributed by atoms with Crippen LogP contribution in [0.25, 0.3) is 0 Å². The Hall–Kier alpha value is -0.240. The second kappa shape index (κ2) is 6.63. The number of rotatable bonds is 4. The van der Waals surface area contributed by atoms with E-state index in [1.807, 2.05) is 18.2 Å². The average Bonchev–Trinajstić information content (AvgIpc) is 2.38. The van der Waals surface area contributed by atoms with E-state index >= 15 is 0 Å². The van der Waals surface area contributed by atoms with Gasteiger partial charge in [0.1, 0.15) is 0 Å². The van der Waals surface area contributed by atoms with Crippen LogP contribution in [0, 0.1) is 0 Å². The molecule has 1 fully saturated rings. The van der Waals surface area contributed by atoms with Crippen LogP contribution in [-0.2, 0) is 17.2 Å². The molecule has 0 bridgehead atoms. The third-order valence-electron chi connectivity index (χ3n) is 3.30. The Labute approximate surface area is 113 Å². The lowest BCUT2D eigenvalue weighted by atomic mass is 9.98. The molecule has 1 aromatic carbocycles. The van der Waals surface area contributed by atoms with Crippen molar-refractivity contribution in [3.8, 4) is 0 Å². The molecule has 0 unspecified atom stereocenters. The third kappa shape index (κ3) is 3.87. The topological polar surface area (TPSA) is 9.23 Å². The number of hydrogen-bond acceptors (Lipinski definition) is 1. The van der Waals surface area contributed by atoms with E-state index in [2.05, 4.69) is 0 Å². The van der Waals surface area contributed by atoms with Crippen molar-refractivity contribution in [2.24, 2.45) is 0 Å². The van der Waals surface area contributed by atoms with Gasteiger partial charge in [-0.05, 0) is 30.0 Å². The number of alkyl halides is 1. The Balaban J connectivity index is 1.87. The Kier molecular flexibility index (Phi) is 5.15. The molecule has 2 rings (SSSR count). The lowest BCUT2D eigenvalue weighted by molar-refractivity contribution is 0.0169. The van der Waals surface area contributed by atoms with E-state index in [4.69, 9.17) is 27.9 Å². The first kappa shape index (κ1) is 13.2. The van der Waals surface area contributed by atoms with Crippen LogP contribution in [-0.4, -0.2) is 6.10 Å². The summed E-state index contributed by atoms with van der Waals surface area (Å²) in [6.07, 6.45) is 6.81. The van der Waals surface area contributed by atoms with Gasteiger partial charge in [-0.3, -0.25) is 0 Å². The largest absolute Gasteiger partial charge is 0.374 e. The van der Waals surface area contributed by atoms with Crippen LogP contribution in [0.4, 0.5) is 0 Å². The molecule has 0 saturated heterocycles. The summed E-state index contributed by atoms with van der Waals surface area (Å²) < 4.78 is 5.91. The minimum absolute atomic E-state index is 0.440. The third-order valence-corrected chi connectivity index (χ3v) is 3.94. The molecule has 0 aliphatic heterocycles. The van der Waals surface area contributed by atoms with Gasteiger partial charge in [0.25, 0.3) is 0 Å². The van der Waals surface area contributed by atoms with E-state index in [1.165, 1.54) is 32.1 Å². The average molecular weight is 273 g/mol. The fourth-order valence-corrected chi connectivity index (χ4v) is 2.81. The van der Waals surface area contributed by atoms with Gasteiger partial charge < -0.3 is 4.74 Å². The Morgan fingerprint density at radius 3 is 2.59 bits per heavy atom. The Morgan fingerprint density at radius 1 is 1.18 bits per heavy atom. The summed E-state index contributed by atoms with van der Waals surface area (Å²) in [4.78, 5) is 0. The monoisotopic (exact) mass is 272 g/mol. The van der Waals surface area contributed by atoms with Crippen LogP contribution >= 0.6 is 23.2 Å². The first-order chi connectivity index (χ1) is 8.29. The molecule has 1 nitrogen and oxygen atoms in total. The number of halogens is 2. The molecule has 0 N–H and O–H groups in total. The van der Waals surface area contributed by atoms with E-state index in [0.29, 0.717) is 18.6 Å². The highest BCUT2D eigenvalue weighted by atomic mass is 35.5. The van der Waals surface area contributed by atoms with Crippen molar-refractivity contribution in [2.75, 3.05) is 0 Å². The normalized spacial score (nSPS) is 17.3. The molecular formula is C14H18Cl2O. The van der Waals surface area contributed by atoms with E-state index < -0.39 is 0 Å². The molecule has 0 spiro atoms. The first-order valence-electron chi connectivity index (χ1n) is 6.24. The Morgan fingerprint density at radius 2 is 1.94 bits per heavy atom. The maximum atomic E-state index is 6.11.